The number of phosphoric acid groups is 2. The zero-order chi connectivity index (χ0) is 87.4. The number of aliphatic hydroxyl groups is 2. The van der Waals surface area contributed by atoms with Crippen molar-refractivity contribution in [2.75, 3.05) is 80.5 Å². The fourth-order valence-electron chi connectivity index (χ4n) is 15.6. The zero-order valence-electron chi connectivity index (χ0n) is 79.6. The quantitative estimate of drug-likeness (QED) is 0.0194. The molecular formula is C101H193N3O12P2. The predicted molar refractivity (Wildman–Crippen MR) is 509 cm³/mol. The monoisotopic (exact) mass is 1700 g/mol. The number of nitrogens with zero attached hydrogens (tertiary/aromatic N) is 2. The lowest BCUT2D eigenvalue weighted by atomic mass is 9.77. The number of likely N-dealkylation sites (N-methyl/N-ethyl adjacent to an activating group) is 2. The van der Waals surface area contributed by atoms with Gasteiger partial charge in [0.2, 0.25) is 0 Å². The third-order valence-electron chi connectivity index (χ3n) is 23.5. The first kappa shape index (κ1) is 116. The van der Waals surface area contributed by atoms with Gasteiger partial charge >= 0.3 is 15.6 Å². The SMILES string of the molecule is CCCCC/C=C\C/C=C\CCCCCCCCC(O)(CCCCCCCC/C=C\C/C=C\CCCCCOP(=O)(OCCN)OCCN(C)C(C)(C)CC(C)(C)CCOC(O)(CCCCCCCC/C=C\C/C=C\CCCCC)CCCCCCCC/C=C\C/C=C\CCCCC)OCCC(C)(C)CC(C)(C)N(C)CCOP(=O)(O)OC. The Bertz CT molecular complexity index is 2570. The number of nitrogens with two attached hydrogens (primary N) is 1. The van der Waals surface area contributed by atoms with Crippen molar-refractivity contribution >= 4 is 15.6 Å². The summed E-state index contributed by atoms with van der Waals surface area (Å²) in [4.78, 5) is 14.1. The average Bonchev–Trinajstić information content (AvgIpc) is 0.842. The number of allylic oxidation sites excluding steroid dienone is 16. The van der Waals surface area contributed by atoms with E-state index in [0.29, 0.717) is 58.6 Å². The molecule has 0 aliphatic carbocycles. The Labute approximate surface area is 730 Å². The molecule has 0 radical (unpaired) electrons. The van der Waals surface area contributed by atoms with E-state index in [9.17, 15) is 24.2 Å². The average molecular weight is 1700 g/mol. The molecule has 0 aromatic carbocycles. The van der Waals surface area contributed by atoms with Crippen molar-refractivity contribution in [3.63, 3.8) is 0 Å². The van der Waals surface area contributed by atoms with Gasteiger partial charge in [-0.1, -0.05) is 293 Å². The summed E-state index contributed by atoms with van der Waals surface area (Å²) in [5.41, 5.74) is 5.25. The largest absolute Gasteiger partial charge is 0.474 e. The number of unbranched alkanes of at least 4 members (excludes halogenated alkanes) is 36. The fourth-order valence-corrected chi connectivity index (χ4v) is 17.3. The normalized spacial score (nSPS) is 14.9. The zero-order valence-corrected chi connectivity index (χ0v) is 81.4. The molecule has 0 aromatic rings. The van der Waals surface area contributed by atoms with Crippen molar-refractivity contribution in [2.45, 2.75) is 458 Å². The molecule has 5 N–H and O–H groups in total. The molecule has 15 nitrogen and oxygen atoms in total. The molecule has 3 atom stereocenters. The lowest BCUT2D eigenvalue weighted by Crippen LogP contribution is -2.46. The highest BCUT2D eigenvalue weighted by Gasteiger charge is 2.37. The molecule has 0 saturated heterocycles. The van der Waals surface area contributed by atoms with Gasteiger partial charge in [-0.05, 0) is 239 Å². The highest BCUT2D eigenvalue weighted by Crippen LogP contribution is 2.50. The topological polar surface area (TPSA) is 192 Å². The van der Waals surface area contributed by atoms with Gasteiger partial charge in [-0.3, -0.25) is 32.4 Å². The molecule has 17 heteroatoms. The van der Waals surface area contributed by atoms with Crippen molar-refractivity contribution in [1.29, 1.82) is 0 Å². The van der Waals surface area contributed by atoms with Crippen LogP contribution < -0.4 is 5.73 Å². The summed E-state index contributed by atoms with van der Waals surface area (Å²) in [5.74, 6) is -2.22. The van der Waals surface area contributed by atoms with E-state index in [-0.39, 0.29) is 48.3 Å². The Morgan fingerprint density at radius 2 is 0.559 bits per heavy atom. The van der Waals surface area contributed by atoms with Crippen molar-refractivity contribution < 1.29 is 56.3 Å². The number of rotatable bonds is 89. The van der Waals surface area contributed by atoms with Crippen molar-refractivity contribution in [1.82, 2.24) is 9.80 Å². The van der Waals surface area contributed by atoms with Crippen LogP contribution in [0.5, 0.6) is 0 Å². The summed E-state index contributed by atoms with van der Waals surface area (Å²) in [6.45, 7) is 27.7. The van der Waals surface area contributed by atoms with E-state index in [0.717, 1.165) is 161 Å². The maximum atomic E-state index is 13.8. The summed E-state index contributed by atoms with van der Waals surface area (Å²) in [6, 6.07) is 0. The maximum absolute atomic E-state index is 13.8. The van der Waals surface area contributed by atoms with Gasteiger partial charge in [0.15, 0.2) is 11.6 Å². The Hall–Kier alpha value is -2.14. The van der Waals surface area contributed by atoms with Crippen LogP contribution in [0.3, 0.4) is 0 Å². The number of hydrogen-bond acceptors (Lipinski definition) is 14. The summed E-state index contributed by atoms with van der Waals surface area (Å²) in [7, 11) is -2.54. The van der Waals surface area contributed by atoms with Crippen LogP contribution in [0.1, 0.15) is 436 Å². The standard InChI is InChI=1S/C101H193N3O12P2/c1-15-18-21-24-27-30-33-36-39-44-49-54-59-64-69-74-79-100(105,111-89-83-96(4,5)94-98(8,9)103(12)86-92-113-117(107,108)110-14)80-75-72-67-62-57-52-47-42-43-48-53-58-63-68-73-78-88-114-118(109,115-91-85-102)116-93-87-104(13)99(10,11)95-97(6,7)84-90-112-101(106,81-76-70-65-60-55-50-45-40-37-34-31-28-25-22-19-16-2)82-77-71-66-61-56-51-46-41-38-35-32-29-26-23-20-17-3/h27-32,36-43,53,58,105-106H,15-26,33-35,44-52,54-57,59-95,102H2,1-14H3,(H,107,108)/b30-27-,31-28-,32-29-,39-36-,40-37-,41-38-,43-42-,58-53-. The molecule has 0 bridgehead atoms. The Morgan fingerprint density at radius 3 is 0.839 bits per heavy atom. The number of phosphoric ester groups is 2. The van der Waals surface area contributed by atoms with E-state index >= 15 is 0 Å². The molecule has 0 aliphatic rings. The molecule has 0 spiro atoms. The van der Waals surface area contributed by atoms with Crippen molar-refractivity contribution in [2.24, 2.45) is 16.6 Å². The molecular weight excluding hydrogens is 1510 g/mol. The highest BCUT2D eigenvalue weighted by atomic mass is 31.2. The molecule has 0 aliphatic heterocycles. The minimum atomic E-state index is -4.02. The highest BCUT2D eigenvalue weighted by molar-refractivity contribution is 7.48. The van der Waals surface area contributed by atoms with Gasteiger partial charge in [0.25, 0.3) is 0 Å². The smallest absolute Gasteiger partial charge is 0.365 e. The van der Waals surface area contributed by atoms with Crippen LogP contribution in [0, 0.1) is 10.8 Å². The fraction of sp³-hybridized carbons (Fsp3) is 0.842. The van der Waals surface area contributed by atoms with E-state index in [1.165, 1.54) is 180 Å². The lowest BCUT2D eigenvalue weighted by Gasteiger charge is -2.42. The van der Waals surface area contributed by atoms with Gasteiger partial charge in [0.1, 0.15) is 0 Å². The van der Waals surface area contributed by atoms with Crippen LogP contribution in [0.25, 0.3) is 0 Å². The second-order valence-electron chi connectivity index (χ2n) is 37.1. The molecule has 0 rings (SSSR count). The second kappa shape index (κ2) is 76.1. The molecule has 0 fully saturated rings. The van der Waals surface area contributed by atoms with Gasteiger partial charge in [0, 0.05) is 63.5 Å². The third kappa shape index (κ3) is 73.1. The van der Waals surface area contributed by atoms with Gasteiger partial charge < -0.3 is 30.3 Å². The van der Waals surface area contributed by atoms with Gasteiger partial charge in [-0.25, -0.2) is 9.13 Å². The first-order valence-electron chi connectivity index (χ1n) is 48.7. The minimum absolute atomic E-state index is 0.0667. The Kier molecular flexibility index (Phi) is 74.7. The lowest BCUT2D eigenvalue weighted by molar-refractivity contribution is -0.217. The van der Waals surface area contributed by atoms with Gasteiger partial charge in [-0.15, -0.1) is 0 Å². The van der Waals surface area contributed by atoms with Crippen LogP contribution in [-0.2, 0) is 41.2 Å². The van der Waals surface area contributed by atoms with E-state index in [1.807, 2.05) is 7.05 Å². The molecule has 0 saturated carbocycles. The van der Waals surface area contributed by atoms with E-state index < -0.39 is 27.2 Å². The Morgan fingerprint density at radius 1 is 0.314 bits per heavy atom. The Balaban J connectivity index is 5.04. The van der Waals surface area contributed by atoms with E-state index in [4.69, 9.17) is 33.3 Å². The molecule has 694 valence electrons. The summed E-state index contributed by atoms with van der Waals surface area (Å²) in [5, 5.41) is 24.2. The molecule has 118 heavy (non-hydrogen) atoms. The second-order valence-corrected chi connectivity index (χ2v) is 40.4. The molecule has 0 amide bonds. The number of hydrogen-bond donors (Lipinski definition) is 4. The van der Waals surface area contributed by atoms with Gasteiger partial charge in [0.05, 0.1) is 39.6 Å². The predicted octanol–water partition coefficient (Wildman–Crippen LogP) is 30.1. The van der Waals surface area contributed by atoms with E-state index in [1.54, 1.807) is 0 Å². The molecule has 0 heterocycles. The first-order valence-corrected chi connectivity index (χ1v) is 51.7. The van der Waals surface area contributed by atoms with Crippen LogP contribution in [0.2, 0.25) is 0 Å². The molecule has 3 unspecified atom stereocenters. The van der Waals surface area contributed by atoms with Crippen LogP contribution in [-0.4, -0.2) is 128 Å². The maximum Gasteiger partial charge on any atom is 0.474 e. The van der Waals surface area contributed by atoms with Crippen LogP contribution in [0.15, 0.2) is 97.2 Å². The first-order chi connectivity index (χ1) is 56.6. The van der Waals surface area contributed by atoms with Crippen LogP contribution in [0.4, 0.5) is 0 Å². The van der Waals surface area contributed by atoms with Gasteiger partial charge in [-0.2, -0.15) is 0 Å². The van der Waals surface area contributed by atoms with Crippen molar-refractivity contribution in [3.8, 4) is 0 Å². The summed E-state index contributed by atoms with van der Waals surface area (Å²) >= 11 is 0. The molecule has 0 aromatic heterocycles. The van der Waals surface area contributed by atoms with Crippen molar-refractivity contribution in [3.05, 3.63) is 97.2 Å². The van der Waals surface area contributed by atoms with E-state index in [2.05, 4.69) is 195 Å². The summed E-state index contributed by atoms with van der Waals surface area (Å²) < 4.78 is 66.0. The third-order valence-corrected chi connectivity index (χ3v) is 26.0. The summed E-state index contributed by atoms with van der Waals surface area (Å²) in [6.07, 6.45) is 98.7. The number of ether oxygens (including phenoxy) is 2. The minimum Gasteiger partial charge on any atom is -0.365 e. The van der Waals surface area contributed by atoms with Crippen LogP contribution >= 0.6 is 15.6 Å².